The van der Waals surface area contributed by atoms with Gasteiger partial charge in [0.05, 0.1) is 11.6 Å². The highest BCUT2D eigenvalue weighted by Gasteiger charge is 2.38. The number of hydrogen-bond acceptors (Lipinski definition) is 2. The van der Waals surface area contributed by atoms with E-state index in [1.165, 1.54) is 36.4 Å². The van der Waals surface area contributed by atoms with E-state index in [9.17, 15) is 27.2 Å². The van der Waals surface area contributed by atoms with E-state index in [0.29, 0.717) is 5.56 Å². The summed E-state index contributed by atoms with van der Waals surface area (Å²) in [6.07, 6.45) is -4.55. The van der Waals surface area contributed by atoms with Crippen molar-refractivity contribution in [2.24, 2.45) is 5.92 Å². The van der Waals surface area contributed by atoms with Crippen LogP contribution in [0.4, 0.5) is 28.0 Å². The van der Waals surface area contributed by atoms with Gasteiger partial charge in [0.2, 0.25) is 5.91 Å². The molecule has 0 saturated carbocycles. The molecule has 0 bridgehead atoms. The van der Waals surface area contributed by atoms with E-state index in [1.54, 1.807) is 0 Å². The lowest BCUT2D eigenvalue weighted by Crippen LogP contribution is -2.51. The van der Waals surface area contributed by atoms with Crippen LogP contribution in [-0.4, -0.2) is 11.9 Å². The summed E-state index contributed by atoms with van der Waals surface area (Å²) < 4.78 is 51.8. The summed E-state index contributed by atoms with van der Waals surface area (Å²) in [5.74, 6) is -2.20. The van der Waals surface area contributed by atoms with E-state index in [2.05, 4.69) is 22.5 Å². The van der Waals surface area contributed by atoms with Gasteiger partial charge in [-0.25, -0.2) is 9.18 Å². The third kappa shape index (κ3) is 4.13. The molecule has 1 heterocycles. The Bertz CT molecular complexity index is 926. The van der Waals surface area contributed by atoms with Crippen molar-refractivity contribution >= 4 is 17.6 Å². The van der Waals surface area contributed by atoms with Gasteiger partial charge in [-0.05, 0) is 35.9 Å². The number of halogens is 4. The number of carbonyl (C=O) groups is 2. The number of carbonyl (C=O) groups excluding carboxylic acids is 2. The number of rotatable bonds is 3. The molecule has 3 N–H and O–H groups in total. The average Bonchev–Trinajstić information content (AvgIpc) is 2.61. The van der Waals surface area contributed by atoms with E-state index < -0.39 is 41.5 Å². The van der Waals surface area contributed by atoms with Crippen molar-refractivity contribution in [3.05, 3.63) is 77.8 Å². The minimum Gasteiger partial charge on any atom is -0.330 e. The summed E-state index contributed by atoms with van der Waals surface area (Å²) in [4.78, 5) is 24.6. The van der Waals surface area contributed by atoms with Crippen molar-refractivity contribution in [3.63, 3.8) is 0 Å². The molecule has 1 aliphatic heterocycles. The van der Waals surface area contributed by atoms with Crippen molar-refractivity contribution in [2.75, 3.05) is 5.32 Å². The first kappa shape index (κ1) is 19.4. The summed E-state index contributed by atoms with van der Waals surface area (Å²) >= 11 is 0. The average molecular weight is 393 g/mol. The molecule has 0 aromatic heterocycles. The van der Waals surface area contributed by atoms with E-state index in [-0.39, 0.29) is 11.4 Å². The highest BCUT2D eigenvalue weighted by Crippen LogP contribution is 2.33. The van der Waals surface area contributed by atoms with Gasteiger partial charge >= 0.3 is 12.2 Å². The smallest absolute Gasteiger partial charge is 0.330 e. The molecule has 0 unspecified atom stereocenters. The molecular weight excluding hydrogens is 378 g/mol. The topological polar surface area (TPSA) is 70.2 Å². The van der Waals surface area contributed by atoms with Gasteiger partial charge in [0.15, 0.2) is 0 Å². The number of nitrogens with one attached hydrogen (secondary N) is 3. The largest absolute Gasteiger partial charge is 0.416 e. The number of amides is 3. The molecule has 3 rings (SSSR count). The fourth-order valence-corrected chi connectivity index (χ4v) is 2.93. The minimum atomic E-state index is -4.55. The van der Waals surface area contributed by atoms with Crippen LogP contribution in [-0.2, 0) is 11.0 Å². The molecule has 0 spiro atoms. The molecule has 9 heteroatoms. The second-order valence-electron chi connectivity index (χ2n) is 6.20. The first-order valence-electron chi connectivity index (χ1n) is 8.15. The van der Waals surface area contributed by atoms with Gasteiger partial charge in [-0.2, -0.15) is 13.2 Å². The van der Waals surface area contributed by atoms with E-state index in [1.807, 2.05) is 0 Å². The maximum Gasteiger partial charge on any atom is 0.416 e. The van der Waals surface area contributed by atoms with Crippen LogP contribution in [0.25, 0.3) is 0 Å². The highest BCUT2D eigenvalue weighted by atomic mass is 19.4. The summed E-state index contributed by atoms with van der Waals surface area (Å²) in [6.45, 7) is 3.67. The van der Waals surface area contributed by atoms with Gasteiger partial charge in [-0.3, -0.25) is 4.79 Å². The maximum absolute atomic E-state index is 13.2. The SMILES string of the molecule is C=C1NC(=O)N[C@@H](c2ccc(F)cc2)[C@@H]1C(=O)Nc1cccc(C(F)(F)F)c1. The molecule has 2 atom stereocenters. The number of hydrogen-bond donors (Lipinski definition) is 3. The minimum absolute atomic E-state index is 0.0534. The molecule has 5 nitrogen and oxygen atoms in total. The number of benzene rings is 2. The molecule has 146 valence electrons. The van der Waals surface area contributed by atoms with Gasteiger partial charge in [-0.15, -0.1) is 0 Å². The Balaban J connectivity index is 1.88. The summed E-state index contributed by atoms with van der Waals surface area (Å²) in [6, 6.07) is 7.88. The highest BCUT2D eigenvalue weighted by molar-refractivity contribution is 5.97. The standard InChI is InChI=1S/C19H15F4N3O2/c1-10-15(16(26-18(28)24-10)11-5-7-13(20)8-6-11)17(27)25-14-4-2-3-12(9-14)19(21,22)23/h2-9,15-16H,1H2,(H,25,27)(H2,24,26,28)/t15-,16+/m1/s1. The zero-order valence-electron chi connectivity index (χ0n) is 14.3. The van der Waals surface area contributed by atoms with Crippen molar-refractivity contribution in [2.45, 2.75) is 12.2 Å². The Kier molecular flexibility index (Phi) is 5.08. The van der Waals surface area contributed by atoms with Crippen LogP contribution in [0.5, 0.6) is 0 Å². The maximum atomic E-state index is 13.2. The predicted molar refractivity (Wildman–Crippen MR) is 93.5 cm³/mol. The van der Waals surface area contributed by atoms with Crippen LogP contribution in [0, 0.1) is 11.7 Å². The van der Waals surface area contributed by atoms with Gasteiger partial charge in [-0.1, -0.05) is 24.8 Å². The second-order valence-corrected chi connectivity index (χ2v) is 6.20. The van der Waals surface area contributed by atoms with Crippen LogP contribution in [0.2, 0.25) is 0 Å². The Labute approximate surface area is 157 Å². The number of anilines is 1. The quantitative estimate of drug-likeness (QED) is 0.691. The third-order valence-corrected chi connectivity index (χ3v) is 4.24. The predicted octanol–water partition coefficient (Wildman–Crippen LogP) is 3.97. The first-order chi connectivity index (χ1) is 13.1. The van der Waals surface area contributed by atoms with Crippen molar-refractivity contribution in [3.8, 4) is 0 Å². The molecule has 1 fully saturated rings. The van der Waals surface area contributed by atoms with Gasteiger partial charge in [0.25, 0.3) is 0 Å². The summed E-state index contributed by atoms with van der Waals surface area (Å²) in [5, 5.41) is 7.36. The Hall–Kier alpha value is -3.36. The fourth-order valence-electron chi connectivity index (χ4n) is 2.93. The first-order valence-corrected chi connectivity index (χ1v) is 8.15. The summed E-state index contributed by atoms with van der Waals surface area (Å²) in [7, 11) is 0. The lowest BCUT2D eigenvalue weighted by atomic mass is 9.88. The van der Waals surface area contributed by atoms with Crippen LogP contribution in [0.3, 0.4) is 0 Å². The molecule has 0 radical (unpaired) electrons. The number of alkyl halides is 3. The molecule has 2 aromatic rings. The van der Waals surface area contributed by atoms with Crippen LogP contribution < -0.4 is 16.0 Å². The van der Waals surface area contributed by atoms with E-state index >= 15 is 0 Å². The van der Waals surface area contributed by atoms with Crippen molar-refractivity contribution in [1.82, 2.24) is 10.6 Å². The van der Waals surface area contributed by atoms with Crippen LogP contribution >= 0.6 is 0 Å². The normalized spacial score (nSPS) is 19.6. The summed E-state index contributed by atoms with van der Waals surface area (Å²) in [5.41, 5.74) is -0.444. The third-order valence-electron chi connectivity index (χ3n) is 4.24. The lowest BCUT2D eigenvalue weighted by molar-refractivity contribution is -0.137. The Morgan fingerprint density at radius 1 is 1.11 bits per heavy atom. The van der Waals surface area contributed by atoms with E-state index in [0.717, 1.165) is 12.1 Å². The zero-order valence-corrected chi connectivity index (χ0v) is 14.3. The molecule has 3 amide bonds. The fraction of sp³-hybridized carbons (Fsp3) is 0.158. The molecule has 2 aromatic carbocycles. The Morgan fingerprint density at radius 3 is 2.43 bits per heavy atom. The zero-order chi connectivity index (χ0) is 20.5. The molecule has 1 aliphatic rings. The van der Waals surface area contributed by atoms with Crippen molar-refractivity contribution < 1.29 is 27.2 Å². The molecule has 0 aliphatic carbocycles. The number of urea groups is 1. The van der Waals surface area contributed by atoms with Gasteiger partial charge < -0.3 is 16.0 Å². The lowest BCUT2D eigenvalue weighted by Gasteiger charge is -2.33. The molecular formula is C19H15F4N3O2. The van der Waals surface area contributed by atoms with Gasteiger partial charge in [0, 0.05) is 11.4 Å². The Morgan fingerprint density at radius 2 is 1.79 bits per heavy atom. The second kappa shape index (κ2) is 7.34. The molecule has 28 heavy (non-hydrogen) atoms. The van der Waals surface area contributed by atoms with E-state index in [4.69, 9.17) is 0 Å². The van der Waals surface area contributed by atoms with Crippen molar-refractivity contribution in [1.29, 1.82) is 0 Å². The monoisotopic (exact) mass is 393 g/mol. The van der Waals surface area contributed by atoms with Crippen LogP contribution in [0.15, 0.2) is 60.8 Å². The molecule has 1 saturated heterocycles. The van der Waals surface area contributed by atoms with Gasteiger partial charge in [0.1, 0.15) is 11.7 Å². The van der Waals surface area contributed by atoms with Crippen LogP contribution in [0.1, 0.15) is 17.2 Å².